The van der Waals surface area contributed by atoms with Gasteiger partial charge in [0.25, 0.3) is 5.91 Å². The number of nitrogens with one attached hydrogen (secondary N) is 2. The number of oxazole rings is 1. The van der Waals surface area contributed by atoms with Gasteiger partial charge in [0.2, 0.25) is 11.8 Å². The lowest BCUT2D eigenvalue weighted by atomic mass is 10.0. The number of rotatable bonds is 17. The van der Waals surface area contributed by atoms with Crippen LogP contribution in [-0.2, 0) is 19.4 Å². The Balaban J connectivity index is 1.16. The molecule has 0 saturated carbocycles. The number of nitrogens with two attached hydrogens (primary N) is 1. The Morgan fingerprint density at radius 1 is 1.05 bits per heavy atom. The first-order valence-corrected chi connectivity index (χ1v) is 14.7. The van der Waals surface area contributed by atoms with Crippen LogP contribution in [0.5, 0.6) is 5.75 Å². The predicted molar refractivity (Wildman–Crippen MR) is 164 cm³/mol. The van der Waals surface area contributed by atoms with E-state index in [1.165, 1.54) is 42.3 Å². The van der Waals surface area contributed by atoms with Gasteiger partial charge in [0.05, 0.1) is 18.9 Å². The molecular formula is C33H38FN5O5. The molecule has 0 radical (unpaired) electrons. The van der Waals surface area contributed by atoms with E-state index in [1.807, 2.05) is 12.4 Å². The van der Waals surface area contributed by atoms with Crippen LogP contribution in [0.15, 0.2) is 71.7 Å². The first kappa shape index (κ1) is 32.3. The quantitative estimate of drug-likeness (QED) is 0.131. The molecule has 0 aliphatic carbocycles. The molecule has 10 nitrogen and oxygen atoms in total. The van der Waals surface area contributed by atoms with Gasteiger partial charge in [-0.3, -0.25) is 14.6 Å². The minimum atomic E-state index is -0.666. The standard InChI is InChI=1S/C33H38FN5O5/c1-2-22-11-24(19-36-18-22)20-37-21-29(40)6-5-23-12-28(34)17-30(13-23)43-9-4-3-7-38-32(42)26-14-25(31(35)41)15-27(16-26)33-39-8-10-44-33/h8,10-19,29,37,40H,2-7,9,20-21H2,1H3,(H2,35,41)(H,38,42)/t29-/m0/s1. The van der Waals surface area contributed by atoms with Crippen molar-refractivity contribution < 1.29 is 28.2 Å². The van der Waals surface area contributed by atoms with Crippen molar-refractivity contribution in [3.63, 3.8) is 0 Å². The lowest BCUT2D eigenvalue weighted by Crippen LogP contribution is -2.26. The molecule has 2 aromatic carbocycles. The fourth-order valence-corrected chi connectivity index (χ4v) is 4.61. The van der Waals surface area contributed by atoms with Crippen LogP contribution in [0.25, 0.3) is 11.5 Å². The van der Waals surface area contributed by atoms with E-state index < -0.39 is 17.8 Å². The van der Waals surface area contributed by atoms with E-state index in [1.54, 1.807) is 12.1 Å². The molecular weight excluding hydrogens is 565 g/mol. The summed E-state index contributed by atoms with van der Waals surface area (Å²) in [7, 11) is 0. The van der Waals surface area contributed by atoms with Crippen molar-refractivity contribution >= 4 is 11.8 Å². The lowest BCUT2D eigenvalue weighted by Gasteiger charge is -2.13. The van der Waals surface area contributed by atoms with Gasteiger partial charge in [0.15, 0.2) is 0 Å². The molecule has 2 aromatic heterocycles. The summed E-state index contributed by atoms with van der Waals surface area (Å²) < 4.78 is 25.3. The van der Waals surface area contributed by atoms with Crippen LogP contribution in [0.3, 0.4) is 0 Å². The molecule has 0 bridgehead atoms. The highest BCUT2D eigenvalue weighted by atomic mass is 19.1. The summed E-state index contributed by atoms with van der Waals surface area (Å²) in [4.78, 5) is 32.7. The van der Waals surface area contributed by atoms with Crippen LogP contribution >= 0.6 is 0 Å². The van der Waals surface area contributed by atoms with E-state index in [-0.39, 0.29) is 22.9 Å². The van der Waals surface area contributed by atoms with Gasteiger partial charge in [-0.25, -0.2) is 9.37 Å². The van der Waals surface area contributed by atoms with Crippen molar-refractivity contribution in [2.75, 3.05) is 19.7 Å². The number of unbranched alkanes of at least 4 members (excludes halogenated alkanes) is 1. The van der Waals surface area contributed by atoms with E-state index >= 15 is 0 Å². The third-order valence-corrected chi connectivity index (χ3v) is 6.95. The third kappa shape index (κ3) is 9.99. The molecule has 0 aliphatic rings. The number of ether oxygens (including phenoxy) is 1. The van der Waals surface area contributed by atoms with Crippen molar-refractivity contribution in [3.05, 3.63) is 101 Å². The van der Waals surface area contributed by atoms with Gasteiger partial charge in [0.1, 0.15) is 17.8 Å². The van der Waals surface area contributed by atoms with Crippen molar-refractivity contribution in [3.8, 4) is 17.2 Å². The predicted octanol–water partition coefficient (Wildman–Crippen LogP) is 4.21. The van der Waals surface area contributed by atoms with Crippen LogP contribution in [0, 0.1) is 5.82 Å². The second kappa shape index (κ2) is 16.3. The smallest absolute Gasteiger partial charge is 0.251 e. The Morgan fingerprint density at radius 2 is 1.86 bits per heavy atom. The zero-order valence-corrected chi connectivity index (χ0v) is 24.7. The minimum absolute atomic E-state index is 0.172. The zero-order chi connectivity index (χ0) is 31.3. The van der Waals surface area contributed by atoms with E-state index in [0.717, 1.165) is 17.5 Å². The fraction of sp³-hybridized carbons (Fsp3) is 0.333. The summed E-state index contributed by atoms with van der Waals surface area (Å²) >= 11 is 0. The zero-order valence-electron chi connectivity index (χ0n) is 24.7. The van der Waals surface area contributed by atoms with Crippen LogP contribution < -0.4 is 21.1 Å². The summed E-state index contributed by atoms with van der Waals surface area (Å²) in [6, 6.07) is 11.2. The van der Waals surface area contributed by atoms with Gasteiger partial charge in [-0.15, -0.1) is 0 Å². The Morgan fingerprint density at radius 3 is 2.64 bits per heavy atom. The number of aliphatic hydroxyl groups is 1. The largest absolute Gasteiger partial charge is 0.493 e. The number of amides is 2. The number of aliphatic hydroxyl groups excluding tert-OH is 1. The summed E-state index contributed by atoms with van der Waals surface area (Å²) in [5.74, 6) is -0.738. The van der Waals surface area contributed by atoms with Gasteiger partial charge >= 0.3 is 0 Å². The van der Waals surface area contributed by atoms with Gasteiger partial charge < -0.3 is 30.6 Å². The van der Waals surface area contributed by atoms with E-state index in [0.29, 0.717) is 63.2 Å². The van der Waals surface area contributed by atoms with Gasteiger partial charge in [-0.1, -0.05) is 13.0 Å². The summed E-state index contributed by atoms with van der Waals surface area (Å²) in [6.45, 7) is 3.83. The van der Waals surface area contributed by atoms with Crippen LogP contribution in [-0.4, -0.2) is 52.7 Å². The molecule has 0 spiro atoms. The highest BCUT2D eigenvalue weighted by Crippen LogP contribution is 2.21. The second-order valence-electron chi connectivity index (χ2n) is 10.5. The molecule has 1 atom stereocenters. The van der Waals surface area contributed by atoms with Gasteiger partial charge in [-0.05, 0) is 79.1 Å². The molecule has 0 unspecified atom stereocenters. The van der Waals surface area contributed by atoms with Crippen molar-refractivity contribution in [2.45, 2.75) is 51.7 Å². The summed E-state index contributed by atoms with van der Waals surface area (Å²) in [5, 5.41) is 16.5. The number of carbonyl (C=O) groups excluding carboxylic acids is 2. The topological polar surface area (TPSA) is 153 Å². The Labute approximate surface area is 255 Å². The van der Waals surface area contributed by atoms with Crippen LogP contribution in [0.2, 0.25) is 0 Å². The number of benzene rings is 2. The van der Waals surface area contributed by atoms with Crippen molar-refractivity contribution in [2.24, 2.45) is 5.73 Å². The number of halogens is 1. The minimum Gasteiger partial charge on any atom is -0.493 e. The average molecular weight is 604 g/mol. The first-order valence-electron chi connectivity index (χ1n) is 14.7. The Bertz CT molecular complexity index is 1530. The van der Waals surface area contributed by atoms with E-state index in [4.69, 9.17) is 14.9 Å². The van der Waals surface area contributed by atoms with Gasteiger partial charge in [-0.2, -0.15) is 0 Å². The van der Waals surface area contributed by atoms with Crippen molar-refractivity contribution in [1.82, 2.24) is 20.6 Å². The molecule has 0 aliphatic heterocycles. The number of hydrogen-bond donors (Lipinski definition) is 4. The third-order valence-electron chi connectivity index (χ3n) is 6.95. The fourth-order valence-electron chi connectivity index (χ4n) is 4.61. The molecule has 4 rings (SSSR count). The SMILES string of the molecule is CCc1cncc(CNC[C@@H](O)CCc2cc(F)cc(OCCCCNC(=O)c3cc(C(N)=O)cc(-c4ncco4)c3)c2)c1. The molecule has 232 valence electrons. The highest BCUT2D eigenvalue weighted by Gasteiger charge is 2.14. The molecule has 2 amide bonds. The molecule has 11 heteroatoms. The average Bonchev–Trinajstić information content (AvgIpc) is 3.57. The van der Waals surface area contributed by atoms with Crippen LogP contribution in [0.1, 0.15) is 63.6 Å². The molecule has 0 fully saturated rings. The van der Waals surface area contributed by atoms with E-state index in [2.05, 4.69) is 33.6 Å². The molecule has 44 heavy (non-hydrogen) atoms. The molecule has 2 heterocycles. The lowest BCUT2D eigenvalue weighted by molar-refractivity contribution is 0.0952. The monoisotopic (exact) mass is 603 g/mol. The van der Waals surface area contributed by atoms with Crippen molar-refractivity contribution in [1.29, 1.82) is 0 Å². The molecule has 0 saturated heterocycles. The molecule has 4 aromatic rings. The number of hydrogen-bond acceptors (Lipinski definition) is 8. The second-order valence-corrected chi connectivity index (χ2v) is 10.5. The summed E-state index contributed by atoms with van der Waals surface area (Å²) in [6.07, 6.45) is 9.09. The normalized spacial score (nSPS) is 11.7. The number of primary amides is 1. The Hall–Kier alpha value is -4.61. The maximum atomic E-state index is 14.2. The number of aromatic nitrogens is 2. The Kier molecular flexibility index (Phi) is 12.0. The highest BCUT2D eigenvalue weighted by molar-refractivity contribution is 6.00. The first-order chi connectivity index (χ1) is 21.3. The molecule has 5 N–H and O–H groups in total. The van der Waals surface area contributed by atoms with Gasteiger partial charge in [0, 0.05) is 54.8 Å². The maximum absolute atomic E-state index is 14.2. The summed E-state index contributed by atoms with van der Waals surface area (Å²) in [5.41, 5.74) is 9.31. The number of carbonyl (C=O) groups is 2. The van der Waals surface area contributed by atoms with E-state index in [9.17, 15) is 19.1 Å². The number of pyridine rings is 1. The van der Waals surface area contributed by atoms with Crippen LogP contribution in [0.4, 0.5) is 4.39 Å². The maximum Gasteiger partial charge on any atom is 0.251 e. The number of nitrogens with zero attached hydrogens (tertiary/aromatic N) is 2. The number of aryl methyl sites for hydroxylation is 2.